The van der Waals surface area contributed by atoms with Gasteiger partial charge in [0.15, 0.2) is 0 Å². The lowest BCUT2D eigenvalue weighted by Crippen LogP contribution is -2.53. The van der Waals surface area contributed by atoms with E-state index in [0.717, 1.165) is 38.4 Å². The summed E-state index contributed by atoms with van der Waals surface area (Å²) in [6, 6.07) is 0. The molecule has 0 bridgehead atoms. The second-order valence-electron chi connectivity index (χ2n) is 8.35. The molecule has 2 N–H and O–H groups in total. The van der Waals surface area contributed by atoms with Gasteiger partial charge in [-0.15, -0.1) is 0 Å². The molecule has 1 aliphatic heterocycles. The van der Waals surface area contributed by atoms with E-state index >= 15 is 0 Å². The molecule has 0 radical (unpaired) electrons. The van der Waals surface area contributed by atoms with E-state index in [0.29, 0.717) is 5.92 Å². The maximum absolute atomic E-state index is 11.4. The average Bonchev–Trinajstić information content (AvgIpc) is 2.64. The van der Waals surface area contributed by atoms with E-state index in [1.807, 2.05) is 0 Å². The maximum atomic E-state index is 11.4. The number of hydrogen-bond acceptors (Lipinski definition) is 4. The van der Waals surface area contributed by atoms with E-state index in [2.05, 4.69) is 33.0 Å². The van der Waals surface area contributed by atoms with E-state index < -0.39 is 5.54 Å². The number of rotatable bonds is 5. The Balaban J connectivity index is 1.88. The molecule has 2 aliphatic rings. The van der Waals surface area contributed by atoms with Gasteiger partial charge in [-0.05, 0) is 52.8 Å². The first-order chi connectivity index (χ1) is 10.6. The van der Waals surface area contributed by atoms with Crippen LogP contribution in [0.3, 0.4) is 0 Å². The highest BCUT2D eigenvalue weighted by Crippen LogP contribution is 2.40. The topological polar surface area (TPSA) is 67.8 Å². The molecule has 6 heteroatoms. The van der Waals surface area contributed by atoms with Crippen molar-refractivity contribution in [1.29, 1.82) is 0 Å². The van der Waals surface area contributed by atoms with Crippen LogP contribution in [0.2, 0.25) is 6.32 Å². The van der Waals surface area contributed by atoms with E-state index in [-0.39, 0.29) is 30.8 Å². The van der Waals surface area contributed by atoms with Crippen LogP contribution in [0.15, 0.2) is 0 Å². The number of carbonyl (C=O) groups is 1. The summed E-state index contributed by atoms with van der Waals surface area (Å²) in [5.74, 6) is 0.424. The molecular formula is C17H32BNO4. The zero-order valence-corrected chi connectivity index (χ0v) is 15.3. The largest absolute Gasteiger partial charge is 0.457 e. The molecule has 132 valence electrons. The molecular weight excluding hydrogens is 293 g/mol. The van der Waals surface area contributed by atoms with Crippen LogP contribution in [0, 0.1) is 5.92 Å². The first-order valence-corrected chi connectivity index (χ1v) is 8.84. The van der Waals surface area contributed by atoms with Crippen molar-refractivity contribution in [2.75, 3.05) is 6.61 Å². The van der Waals surface area contributed by atoms with Gasteiger partial charge in [0.05, 0.1) is 23.3 Å². The minimum Gasteiger partial charge on any atom is -0.403 e. The van der Waals surface area contributed by atoms with Gasteiger partial charge in [-0.2, -0.15) is 0 Å². The molecule has 5 nitrogen and oxygen atoms in total. The fourth-order valence-electron chi connectivity index (χ4n) is 3.86. The van der Waals surface area contributed by atoms with Gasteiger partial charge in [0.25, 0.3) is 0 Å². The highest BCUT2D eigenvalue weighted by Gasteiger charge is 2.50. The summed E-state index contributed by atoms with van der Waals surface area (Å²) in [6.07, 6.45) is 5.73. The van der Waals surface area contributed by atoms with Crippen LogP contribution in [0.1, 0.15) is 66.7 Å². The second-order valence-corrected chi connectivity index (χ2v) is 8.35. The third-order valence-electron chi connectivity index (χ3n) is 5.80. The van der Waals surface area contributed by atoms with Crippen molar-refractivity contribution in [2.45, 2.75) is 89.8 Å². The van der Waals surface area contributed by atoms with Crippen molar-refractivity contribution in [2.24, 2.45) is 5.92 Å². The first kappa shape index (κ1) is 18.7. The fraction of sp³-hybridized carbons (Fsp3) is 0.941. The fourth-order valence-corrected chi connectivity index (χ4v) is 3.86. The van der Waals surface area contributed by atoms with Crippen LogP contribution in [0.5, 0.6) is 0 Å². The van der Waals surface area contributed by atoms with Crippen molar-refractivity contribution < 1.29 is 19.2 Å². The first-order valence-electron chi connectivity index (χ1n) is 8.84. The summed E-state index contributed by atoms with van der Waals surface area (Å²) in [5, 5.41) is 12.7. The maximum Gasteiger partial charge on any atom is 0.457 e. The molecule has 1 saturated carbocycles. The van der Waals surface area contributed by atoms with Crippen LogP contribution in [0.25, 0.3) is 0 Å². The molecule has 0 aromatic carbocycles. The summed E-state index contributed by atoms with van der Waals surface area (Å²) in [5.41, 5.74) is -1.00. The monoisotopic (exact) mass is 325 g/mol. The Morgan fingerprint density at radius 2 is 1.87 bits per heavy atom. The number of nitrogens with one attached hydrogen (secondary N) is 1. The second kappa shape index (κ2) is 6.73. The van der Waals surface area contributed by atoms with E-state index in [1.165, 1.54) is 6.92 Å². The van der Waals surface area contributed by atoms with Crippen LogP contribution < -0.4 is 5.32 Å². The Hall–Kier alpha value is -0.585. The normalized spacial score (nSPS) is 32.8. The Bertz CT molecular complexity index is 424. The zero-order chi connectivity index (χ0) is 17.3. The molecule has 1 saturated heterocycles. The predicted octanol–water partition coefficient (Wildman–Crippen LogP) is 2.53. The minimum absolute atomic E-state index is 0.0135. The Morgan fingerprint density at radius 1 is 1.26 bits per heavy atom. The Labute approximate surface area is 140 Å². The van der Waals surface area contributed by atoms with Crippen molar-refractivity contribution in [3.8, 4) is 0 Å². The van der Waals surface area contributed by atoms with Crippen LogP contribution >= 0.6 is 0 Å². The number of carbonyl (C=O) groups excluding carboxylic acids is 1. The molecule has 1 amide bonds. The predicted molar refractivity (Wildman–Crippen MR) is 91.1 cm³/mol. The molecule has 2 atom stereocenters. The molecule has 2 fully saturated rings. The summed E-state index contributed by atoms with van der Waals surface area (Å²) in [7, 11) is -0.161. The van der Waals surface area contributed by atoms with Crippen molar-refractivity contribution in [3.05, 3.63) is 0 Å². The van der Waals surface area contributed by atoms with Gasteiger partial charge in [0.2, 0.25) is 5.91 Å². The molecule has 1 heterocycles. The lowest BCUT2D eigenvalue weighted by Gasteiger charge is -2.40. The van der Waals surface area contributed by atoms with Gasteiger partial charge in [-0.25, -0.2) is 0 Å². The highest BCUT2D eigenvalue weighted by atomic mass is 16.7. The average molecular weight is 325 g/mol. The molecule has 2 rings (SSSR count). The zero-order valence-electron chi connectivity index (χ0n) is 15.3. The molecule has 0 aromatic rings. The lowest BCUT2D eigenvalue weighted by atomic mass is 9.70. The molecule has 0 spiro atoms. The van der Waals surface area contributed by atoms with Gasteiger partial charge in [-0.1, -0.05) is 19.3 Å². The summed E-state index contributed by atoms with van der Waals surface area (Å²) in [4.78, 5) is 11.4. The number of aliphatic hydroxyl groups excluding tert-OH is 1. The standard InChI is InChI=1S/C17H32BNO4/c1-13(21)19-17(12-20)9-6-7-14(11-17)8-10-18-22-15(2,3)16(4,5)23-18/h14,20H,6-12H2,1-5H3,(H,19,21). The van der Waals surface area contributed by atoms with Crippen LogP contribution in [-0.2, 0) is 14.1 Å². The molecule has 23 heavy (non-hydrogen) atoms. The molecule has 0 aromatic heterocycles. The highest BCUT2D eigenvalue weighted by molar-refractivity contribution is 6.45. The van der Waals surface area contributed by atoms with Gasteiger partial charge in [-0.3, -0.25) is 4.79 Å². The summed E-state index contributed by atoms with van der Waals surface area (Å²) in [6.45, 7) is 9.82. The van der Waals surface area contributed by atoms with Crippen LogP contribution in [-0.4, -0.2) is 41.5 Å². The summed E-state index contributed by atoms with van der Waals surface area (Å²) < 4.78 is 12.1. The quantitative estimate of drug-likeness (QED) is 0.762. The number of amides is 1. The lowest BCUT2D eigenvalue weighted by molar-refractivity contribution is -0.122. The smallest absolute Gasteiger partial charge is 0.403 e. The number of hydrogen-bond donors (Lipinski definition) is 2. The van der Waals surface area contributed by atoms with Gasteiger partial charge < -0.3 is 19.7 Å². The van der Waals surface area contributed by atoms with Gasteiger partial charge in [0, 0.05) is 6.92 Å². The van der Waals surface area contributed by atoms with E-state index in [9.17, 15) is 9.90 Å². The molecule has 1 aliphatic carbocycles. The van der Waals surface area contributed by atoms with E-state index in [4.69, 9.17) is 9.31 Å². The summed E-state index contributed by atoms with van der Waals surface area (Å²) >= 11 is 0. The number of aliphatic hydroxyl groups is 1. The third kappa shape index (κ3) is 4.28. The van der Waals surface area contributed by atoms with Gasteiger partial charge in [0.1, 0.15) is 0 Å². The SMILES string of the molecule is CC(=O)NC1(CO)CCCC(CCB2OC(C)(C)C(C)(C)O2)C1. The molecule has 2 unspecified atom stereocenters. The minimum atomic E-state index is -0.440. The van der Waals surface area contributed by atoms with Crippen LogP contribution in [0.4, 0.5) is 0 Å². The Morgan fingerprint density at radius 3 is 2.39 bits per heavy atom. The van der Waals surface area contributed by atoms with Gasteiger partial charge >= 0.3 is 7.12 Å². The Kier molecular flexibility index (Phi) is 5.49. The van der Waals surface area contributed by atoms with Crippen molar-refractivity contribution in [3.63, 3.8) is 0 Å². The van der Waals surface area contributed by atoms with E-state index in [1.54, 1.807) is 0 Å². The third-order valence-corrected chi connectivity index (χ3v) is 5.80. The van der Waals surface area contributed by atoms with Crippen molar-refractivity contribution in [1.82, 2.24) is 5.32 Å². The van der Waals surface area contributed by atoms with Crippen molar-refractivity contribution >= 4 is 13.0 Å².